The summed E-state index contributed by atoms with van der Waals surface area (Å²) in [5.74, 6) is 0. The number of nitrogen functional groups attached to an aromatic ring is 1. The van der Waals surface area contributed by atoms with Gasteiger partial charge < -0.3 is 11.1 Å². The van der Waals surface area contributed by atoms with E-state index in [1.54, 1.807) is 12.1 Å². The van der Waals surface area contributed by atoms with Gasteiger partial charge in [0.2, 0.25) is 0 Å². The zero-order valence-corrected chi connectivity index (χ0v) is 11.8. The molecule has 3 N–H and O–H groups in total. The summed E-state index contributed by atoms with van der Waals surface area (Å²) in [6, 6.07) is 4.93. The molecule has 0 bridgehead atoms. The van der Waals surface area contributed by atoms with Crippen molar-refractivity contribution in [3.05, 3.63) is 23.8 Å². The van der Waals surface area contributed by atoms with Gasteiger partial charge in [0.15, 0.2) is 0 Å². The van der Waals surface area contributed by atoms with E-state index in [1.807, 2.05) is 0 Å². The molecule has 0 aliphatic rings. The summed E-state index contributed by atoms with van der Waals surface area (Å²) in [6.07, 6.45) is 2.77. The first kappa shape index (κ1) is 15.7. The molecule has 0 aliphatic heterocycles. The maximum Gasteiger partial charge on any atom is 0.265 e. The molecule has 1 aromatic carbocycles. The third kappa shape index (κ3) is 5.05. The minimum Gasteiger partial charge on any atom is -0.399 e. The molecule has 1 unspecified atom stereocenters. The van der Waals surface area contributed by atoms with Crippen LogP contribution < -0.4 is 11.1 Å². The summed E-state index contributed by atoms with van der Waals surface area (Å²) in [6.45, 7) is 4.24. The number of hydrogen-bond acceptors (Lipinski definition) is 2. The number of nitrogens with two attached hydrogens (primary N) is 1. The molecule has 0 saturated heterocycles. The van der Waals surface area contributed by atoms with Gasteiger partial charge in [-0.1, -0.05) is 33.1 Å². The van der Waals surface area contributed by atoms with Crippen LogP contribution in [0.3, 0.4) is 0 Å². The fourth-order valence-electron chi connectivity index (χ4n) is 2.20. The van der Waals surface area contributed by atoms with Gasteiger partial charge in [0.25, 0.3) is 6.43 Å². The Balaban J connectivity index is 2.82. The van der Waals surface area contributed by atoms with Crippen molar-refractivity contribution in [2.24, 2.45) is 0 Å². The highest BCUT2D eigenvalue weighted by atomic mass is 19.3. The molecule has 2 nitrogen and oxygen atoms in total. The van der Waals surface area contributed by atoms with E-state index in [4.69, 9.17) is 5.73 Å². The Bertz CT molecular complexity index is 380. The van der Waals surface area contributed by atoms with E-state index in [-0.39, 0.29) is 11.6 Å². The normalized spacial score (nSPS) is 12.7. The van der Waals surface area contributed by atoms with Crippen LogP contribution in [0.2, 0.25) is 0 Å². The van der Waals surface area contributed by atoms with Crippen LogP contribution in [-0.4, -0.2) is 6.04 Å². The zero-order chi connectivity index (χ0) is 14.3. The average Bonchev–Trinajstić information content (AvgIpc) is 2.38. The molecule has 0 spiro atoms. The van der Waals surface area contributed by atoms with Crippen LogP contribution in [0.15, 0.2) is 18.2 Å². The summed E-state index contributed by atoms with van der Waals surface area (Å²) in [4.78, 5) is 0. The van der Waals surface area contributed by atoms with Crippen molar-refractivity contribution in [1.29, 1.82) is 0 Å². The Labute approximate surface area is 114 Å². The van der Waals surface area contributed by atoms with Crippen LogP contribution in [0, 0.1) is 0 Å². The minimum absolute atomic E-state index is 0.00222. The molecule has 19 heavy (non-hydrogen) atoms. The Kier molecular flexibility index (Phi) is 6.60. The third-order valence-electron chi connectivity index (χ3n) is 3.21. The van der Waals surface area contributed by atoms with E-state index in [0.717, 1.165) is 32.1 Å². The Morgan fingerprint density at radius 3 is 2.47 bits per heavy atom. The molecule has 1 aromatic rings. The van der Waals surface area contributed by atoms with E-state index < -0.39 is 6.43 Å². The predicted molar refractivity (Wildman–Crippen MR) is 77.7 cm³/mol. The van der Waals surface area contributed by atoms with Crippen molar-refractivity contribution >= 4 is 11.4 Å². The summed E-state index contributed by atoms with van der Waals surface area (Å²) < 4.78 is 26.0. The summed E-state index contributed by atoms with van der Waals surface area (Å²) >= 11 is 0. The second kappa shape index (κ2) is 7.97. The van der Waals surface area contributed by atoms with Crippen molar-refractivity contribution in [3.8, 4) is 0 Å². The molecule has 0 fully saturated rings. The van der Waals surface area contributed by atoms with Crippen molar-refractivity contribution in [2.75, 3.05) is 11.1 Å². The predicted octanol–water partition coefficient (Wildman–Crippen LogP) is 4.98. The smallest absolute Gasteiger partial charge is 0.265 e. The van der Waals surface area contributed by atoms with Gasteiger partial charge >= 0.3 is 0 Å². The molecule has 0 aromatic heterocycles. The number of rotatable bonds is 8. The quantitative estimate of drug-likeness (QED) is 0.654. The van der Waals surface area contributed by atoms with E-state index in [2.05, 4.69) is 19.2 Å². The Morgan fingerprint density at radius 1 is 1.16 bits per heavy atom. The molecule has 1 atom stereocenters. The second-order valence-electron chi connectivity index (χ2n) is 4.92. The van der Waals surface area contributed by atoms with E-state index >= 15 is 0 Å². The monoisotopic (exact) mass is 270 g/mol. The topological polar surface area (TPSA) is 38.0 Å². The zero-order valence-electron chi connectivity index (χ0n) is 11.8. The maximum atomic E-state index is 13.0. The van der Waals surface area contributed by atoms with Gasteiger partial charge in [-0.3, -0.25) is 0 Å². The Hall–Kier alpha value is -1.32. The summed E-state index contributed by atoms with van der Waals surface area (Å²) in [5, 5.41) is 3.26. The molecule has 0 heterocycles. The molecule has 0 saturated carbocycles. The number of benzene rings is 1. The van der Waals surface area contributed by atoms with Crippen molar-refractivity contribution < 1.29 is 8.78 Å². The maximum absolute atomic E-state index is 13.0. The van der Waals surface area contributed by atoms with Gasteiger partial charge in [-0.05, 0) is 31.0 Å². The molecule has 0 radical (unpaired) electrons. The van der Waals surface area contributed by atoms with Crippen LogP contribution >= 0.6 is 0 Å². The second-order valence-corrected chi connectivity index (χ2v) is 4.92. The highest BCUT2D eigenvalue weighted by Gasteiger charge is 2.16. The van der Waals surface area contributed by atoms with E-state index in [0.29, 0.717) is 11.4 Å². The largest absolute Gasteiger partial charge is 0.399 e. The van der Waals surface area contributed by atoms with E-state index in [1.165, 1.54) is 6.07 Å². The fraction of sp³-hybridized carbons (Fsp3) is 0.600. The molecule has 4 heteroatoms. The van der Waals surface area contributed by atoms with Gasteiger partial charge in [-0.25, -0.2) is 8.78 Å². The van der Waals surface area contributed by atoms with Gasteiger partial charge in [0, 0.05) is 23.0 Å². The number of alkyl halides is 2. The number of nitrogens with one attached hydrogen (secondary N) is 1. The summed E-state index contributed by atoms with van der Waals surface area (Å²) in [5.41, 5.74) is 6.46. The molecule has 0 amide bonds. The first-order valence-corrected chi connectivity index (χ1v) is 7.02. The van der Waals surface area contributed by atoms with Crippen LogP contribution in [0.4, 0.5) is 20.2 Å². The number of unbranched alkanes of at least 4 members (excludes halogenated alkanes) is 1. The SMILES string of the molecule is CCCCC(CCC)Nc1ccc(N)cc1C(F)F. The van der Waals surface area contributed by atoms with Gasteiger partial charge in [0.1, 0.15) is 0 Å². The average molecular weight is 270 g/mol. The number of halogens is 2. The first-order chi connectivity index (χ1) is 9.08. The Morgan fingerprint density at radius 2 is 1.89 bits per heavy atom. The minimum atomic E-state index is -2.50. The highest BCUT2D eigenvalue weighted by Crippen LogP contribution is 2.30. The third-order valence-corrected chi connectivity index (χ3v) is 3.21. The lowest BCUT2D eigenvalue weighted by Gasteiger charge is -2.21. The van der Waals surface area contributed by atoms with E-state index in [9.17, 15) is 8.78 Å². The molecule has 1 rings (SSSR count). The van der Waals surface area contributed by atoms with Crippen LogP contribution in [0.25, 0.3) is 0 Å². The van der Waals surface area contributed by atoms with Crippen molar-refractivity contribution in [3.63, 3.8) is 0 Å². The standard InChI is InChI=1S/C15H24F2N2/c1-3-5-7-12(6-4-2)19-14-9-8-11(18)10-13(14)15(16)17/h8-10,12,15,19H,3-7,18H2,1-2H3. The lowest BCUT2D eigenvalue weighted by atomic mass is 10.0. The summed E-state index contributed by atoms with van der Waals surface area (Å²) in [7, 11) is 0. The number of anilines is 2. The van der Waals surface area contributed by atoms with Gasteiger partial charge in [-0.2, -0.15) is 0 Å². The lowest BCUT2D eigenvalue weighted by Crippen LogP contribution is -2.20. The molecule has 0 aliphatic carbocycles. The lowest BCUT2D eigenvalue weighted by molar-refractivity contribution is 0.152. The first-order valence-electron chi connectivity index (χ1n) is 7.02. The van der Waals surface area contributed by atoms with Crippen molar-refractivity contribution in [1.82, 2.24) is 0 Å². The van der Waals surface area contributed by atoms with Gasteiger partial charge in [-0.15, -0.1) is 0 Å². The van der Waals surface area contributed by atoms with Crippen molar-refractivity contribution in [2.45, 2.75) is 58.4 Å². The highest BCUT2D eigenvalue weighted by molar-refractivity contribution is 5.59. The number of hydrogen-bond donors (Lipinski definition) is 2. The van der Waals surface area contributed by atoms with Crippen LogP contribution in [-0.2, 0) is 0 Å². The van der Waals surface area contributed by atoms with Crippen LogP contribution in [0.1, 0.15) is 57.9 Å². The molecular weight excluding hydrogens is 246 g/mol. The molecule has 108 valence electrons. The molecular formula is C15H24F2N2. The van der Waals surface area contributed by atoms with Gasteiger partial charge in [0.05, 0.1) is 0 Å². The fourth-order valence-corrected chi connectivity index (χ4v) is 2.20. The van der Waals surface area contributed by atoms with Crippen LogP contribution in [0.5, 0.6) is 0 Å².